The van der Waals surface area contributed by atoms with Gasteiger partial charge in [0, 0.05) is 32.1 Å². The number of aryl methyl sites for hydroxylation is 1. The van der Waals surface area contributed by atoms with Crippen LogP contribution in [-0.2, 0) is 16.0 Å². The summed E-state index contributed by atoms with van der Waals surface area (Å²) in [5.74, 6) is 0.913. The Bertz CT molecular complexity index is 749. The molecule has 4 rings (SSSR count). The SMILES string of the molecule is CC(C)C(=O)N1CCN([C@@H](C(=O)N[C@@H]2CCCc3ccccc32)C2CCCC2)CC1. The number of nitrogens with zero attached hydrogens (tertiary/aromatic N) is 2. The summed E-state index contributed by atoms with van der Waals surface area (Å²) >= 11 is 0. The largest absolute Gasteiger partial charge is 0.348 e. The van der Waals surface area contributed by atoms with Crippen LogP contribution in [0.15, 0.2) is 24.3 Å². The van der Waals surface area contributed by atoms with Gasteiger partial charge in [-0.05, 0) is 49.1 Å². The van der Waals surface area contributed by atoms with E-state index in [0.717, 1.165) is 58.3 Å². The van der Waals surface area contributed by atoms with Gasteiger partial charge in [0.1, 0.15) is 0 Å². The lowest BCUT2D eigenvalue weighted by molar-refractivity contribution is -0.138. The minimum Gasteiger partial charge on any atom is -0.348 e. The molecule has 30 heavy (non-hydrogen) atoms. The minimum atomic E-state index is -0.0575. The van der Waals surface area contributed by atoms with Crippen molar-refractivity contribution in [3.63, 3.8) is 0 Å². The van der Waals surface area contributed by atoms with Crippen LogP contribution in [0, 0.1) is 11.8 Å². The highest BCUT2D eigenvalue weighted by Gasteiger charge is 2.38. The molecule has 1 heterocycles. The Labute approximate surface area is 181 Å². The molecule has 5 heteroatoms. The third-order valence-electron chi connectivity index (χ3n) is 7.31. The Kier molecular flexibility index (Phi) is 6.77. The second-order valence-corrected chi connectivity index (χ2v) is 9.66. The summed E-state index contributed by atoms with van der Waals surface area (Å²) in [4.78, 5) is 30.3. The van der Waals surface area contributed by atoms with Crippen molar-refractivity contribution in [3.8, 4) is 0 Å². The molecular formula is C25H37N3O2. The van der Waals surface area contributed by atoms with E-state index < -0.39 is 0 Å². The fourth-order valence-electron chi connectivity index (χ4n) is 5.70. The molecule has 2 aliphatic carbocycles. The summed E-state index contributed by atoms with van der Waals surface area (Å²) in [5.41, 5.74) is 2.68. The van der Waals surface area contributed by atoms with Crippen LogP contribution in [0.3, 0.4) is 0 Å². The average molecular weight is 412 g/mol. The maximum Gasteiger partial charge on any atom is 0.238 e. The highest BCUT2D eigenvalue weighted by molar-refractivity contribution is 5.83. The Balaban J connectivity index is 1.45. The van der Waals surface area contributed by atoms with Crippen molar-refractivity contribution < 1.29 is 9.59 Å². The van der Waals surface area contributed by atoms with Gasteiger partial charge in [-0.3, -0.25) is 14.5 Å². The zero-order chi connectivity index (χ0) is 21.1. The number of hydrogen-bond donors (Lipinski definition) is 1. The molecule has 1 N–H and O–H groups in total. The first-order valence-corrected chi connectivity index (χ1v) is 12.0. The summed E-state index contributed by atoms with van der Waals surface area (Å²) in [6.07, 6.45) is 8.01. The third kappa shape index (κ3) is 4.56. The molecule has 5 nitrogen and oxygen atoms in total. The first-order chi connectivity index (χ1) is 14.5. The maximum atomic E-state index is 13.6. The van der Waals surface area contributed by atoms with Crippen LogP contribution in [0.1, 0.15) is 69.5 Å². The molecule has 1 aromatic rings. The summed E-state index contributed by atoms with van der Waals surface area (Å²) < 4.78 is 0. The van der Waals surface area contributed by atoms with Crippen LogP contribution in [0.5, 0.6) is 0 Å². The normalized spacial score (nSPS) is 24.0. The van der Waals surface area contributed by atoms with Gasteiger partial charge < -0.3 is 10.2 Å². The van der Waals surface area contributed by atoms with E-state index >= 15 is 0 Å². The van der Waals surface area contributed by atoms with E-state index in [4.69, 9.17) is 0 Å². The minimum absolute atomic E-state index is 0.0387. The lowest BCUT2D eigenvalue weighted by Crippen LogP contribution is -2.58. The van der Waals surface area contributed by atoms with Gasteiger partial charge in [-0.1, -0.05) is 51.0 Å². The first-order valence-electron chi connectivity index (χ1n) is 12.0. The van der Waals surface area contributed by atoms with Crippen LogP contribution >= 0.6 is 0 Å². The zero-order valence-corrected chi connectivity index (χ0v) is 18.6. The molecule has 1 aromatic carbocycles. The molecule has 1 aliphatic heterocycles. The molecule has 0 spiro atoms. The monoisotopic (exact) mass is 411 g/mol. The van der Waals surface area contributed by atoms with Crippen LogP contribution < -0.4 is 5.32 Å². The number of fused-ring (bicyclic) bond motifs is 1. The van der Waals surface area contributed by atoms with Gasteiger partial charge in [0.15, 0.2) is 0 Å². The molecule has 0 unspecified atom stereocenters. The molecule has 0 radical (unpaired) electrons. The van der Waals surface area contributed by atoms with Crippen LogP contribution in [0.4, 0.5) is 0 Å². The number of rotatable bonds is 5. The van der Waals surface area contributed by atoms with E-state index in [1.807, 2.05) is 18.7 Å². The summed E-state index contributed by atoms with van der Waals surface area (Å²) in [6.45, 7) is 7.00. The number of nitrogens with one attached hydrogen (secondary N) is 1. The van der Waals surface area contributed by atoms with Crippen molar-refractivity contribution >= 4 is 11.8 Å². The summed E-state index contributed by atoms with van der Waals surface area (Å²) in [5, 5.41) is 3.44. The van der Waals surface area contributed by atoms with Crippen molar-refractivity contribution in [2.24, 2.45) is 11.8 Å². The molecule has 1 saturated carbocycles. The Morgan fingerprint density at radius 3 is 2.37 bits per heavy atom. The second kappa shape index (κ2) is 9.51. The number of benzene rings is 1. The molecule has 0 bridgehead atoms. The molecule has 0 aromatic heterocycles. The Morgan fingerprint density at radius 1 is 0.967 bits per heavy atom. The topological polar surface area (TPSA) is 52.7 Å². The number of carbonyl (C=O) groups excluding carboxylic acids is 2. The van der Waals surface area contributed by atoms with Gasteiger partial charge in [-0.15, -0.1) is 0 Å². The van der Waals surface area contributed by atoms with E-state index in [-0.39, 0.29) is 29.8 Å². The highest BCUT2D eigenvalue weighted by Crippen LogP contribution is 2.33. The number of carbonyl (C=O) groups is 2. The van der Waals surface area contributed by atoms with Gasteiger partial charge in [-0.25, -0.2) is 0 Å². The fraction of sp³-hybridized carbons (Fsp3) is 0.680. The molecule has 2 atom stereocenters. The third-order valence-corrected chi connectivity index (χ3v) is 7.31. The van der Waals surface area contributed by atoms with Crippen molar-refractivity contribution in [1.82, 2.24) is 15.1 Å². The lowest BCUT2D eigenvalue weighted by Gasteiger charge is -2.42. The number of amides is 2. The predicted octanol–water partition coefficient (Wildman–Crippen LogP) is 3.54. The highest BCUT2D eigenvalue weighted by atomic mass is 16.2. The molecule has 1 saturated heterocycles. The molecule has 2 fully saturated rings. The smallest absolute Gasteiger partial charge is 0.238 e. The van der Waals surface area contributed by atoms with Crippen molar-refractivity contribution in [1.29, 1.82) is 0 Å². The van der Waals surface area contributed by atoms with Gasteiger partial charge >= 0.3 is 0 Å². The summed E-state index contributed by atoms with van der Waals surface area (Å²) in [6, 6.07) is 8.64. The quantitative estimate of drug-likeness (QED) is 0.806. The lowest BCUT2D eigenvalue weighted by atomic mass is 9.87. The van der Waals surface area contributed by atoms with Crippen LogP contribution in [0.2, 0.25) is 0 Å². The van der Waals surface area contributed by atoms with Crippen LogP contribution in [-0.4, -0.2) is 53.8 Å². The van der Waals surface area contributed by atoms with E-state index in [2.05, 4.69) is 34.5 Å². The fourth-order valence-corrected chi connectivity index (χ4v) is 5.70. The van der Waals surface area contributed by atoms with Crippen LogP contribution in [0.25, 0.3) is 0 Å². The summed E-state index contributed by atoms with van der Waals surface area (Å²) in [7, 11) is 0. The van der Waals surface area contributed by atoms with E-state index in [0.29, 0.717) is 5.92 Å². The molecule has 2 amide bonds. The number of hydrogen-bond acceptors (Lipinski definition) is 3. The van der Waals surface area contributed by atoms with Gasteiger partial charge in [0.05, 0.1) is 12.1 Å². The second-order valence-electron chi connectivity index (χ2n) is 9.66. The van der Waals surface area contributed by atoms with Gasteiger partial charge in [0.25, 0.3) is 0 Å². The van der Waals surface area contributed by atoms with Gasteiger partial charge in [-0.2, -0.15) is 0 Å². The standard InChI is InChI=1S/C25H37N3O2/c1-18(2)25(30)28-16-14-27(15-17-28)23(20-9-3-4-10-20)24(29)26-22-13-7-11-19-8-5-6-12-21(19)22/h5-6,8,12,18,20,22-23H,3-4,7,9-11,13-17H2,1-2H3,(H,26,29)/t22-,23-/m1/s1. The molecule has 3 aliphatic rings. The van der Waals surface area contributed by atoms with Gasteiger partial charge in [0.2, 0.25) is 11.8 Å². The van der Waals surface area contributed by atoms with Crippen molar-refractivity contribution in [2.45, 2.75) is 70.9 Å². The van der Waals surface area contributed by atoms with E-state index in [9.17, 15) is 9.59 Å². The predicted molar refractivity (Wildman–Crippen MR) is 119 cm³/mol. The van der Waals surface area contributed by atoms with E-state index in [1.165, 1.54) is 24.0 Å². The number of piperazine rings is 1. The molecular weight excluding hydrogens is 374 g/mol. The van der Waals surface area contributed by atoms with Crippen molar-refractivity contribution in [2.75, 3.05) is 26.2 Å². The first kappa shape index (κ1) is 21.4. The Hall–Kier alpha value is -1.88. The Morgan fingerprint density at radius 2 is 1.67 bits per heavy atom. The van der Waals surface area contributed by atoms with E-state index in [1.54, 1.807) is 0 Å². The molecule has 164 valence electrons. The van der Waals surface area contributed by atoms with Crippen molar-refractivity contribution in [3.05, 3.63) is 35.4 Å². The zero-order valence-electron chi connectivity index (χ0n) is 18.6. The average Bonchev–Trinajstić information content (AvgIpc) is 3.28. The maximum absolute atomic E-state index is 13.6.